The van der Waals surface area contributed by atoms with E-state index in [9.17, 15) is 18.0 Å². The van der Waals surface area contributed by atoms with Gasteiger partial charge < -0.3 is 14.4 Å². The Labute approximate surface area is 186 Å². The lowest BCUT2D eigenvalue weighted by Crippen LogP contribution is -2.49. The summed E-state index contributed by atoms with van der Waals surface area (Å²) in [5.41, 5.74) is 3.19. The number of nitrogens with zero attached hydrogens (tertiary/aromatic N) is 1. The Morgan fingerprint density at radius 1 is 1.25 bits per heavy atom. The maximum absolute atomic E-state index is 12.5. The van der Waals surface area contributed by atoms with E-state index in [1.165, 1.54) is 36.3 Å². The van der Waals surface area contributed by atoms with E-state index in [0.29, 0.717) is 5.56 Å². The number of nitrogens with one attached hydrogen (secondary N) is 1. The van der Waals surface area contributed by atoms with E-state index in [1.54, 1.807) is 30.3 Å². The van der Waals surface area contributed by atoms with Gasteiger partial charge in [-0.05, 0) is 42.7 Å². The fourth-order valence-corrected chi connectivity index (χ4v) is 3.72. The minimum absolute atomic E-state index is 0.0316. The molecule has 2 rings (SSSR count). The van der Waals surface area contributed by atoms with E-state index in [2.05, 4.69) is 11.8 Å². The van der Waals surface area contributed by atoms with E-state index in [1.807, 2.05) is 0 Å². The second-order valence-electron chi connectivity index (χ2n) is 7.39. The average molecular weight is 463 g/mol. The molecule has 2 unspecified atom stereocenters. The van der Waals surface area contributed by atoms with Crippen LogP contribution in [0.5, 0.6) is 0 Å². The van der Waals surface area contributed by atoms with Crippen LogP contribution in [0.15, 0.2) is 47.4 Å². The number of methoxy groups -OCH3 is 1. The van der Waals surface area contributed by atoms with Crippen molar-refractivity contribution < 1.29 is 28.3 Å². The summed E-state index contributed by atoms with van der Waals surface area (Å²) in [6, 6.07) is 10.3. The molecule has 3 N–H and O–H groups in total. The van der Waals surface area contributed by atoms with Crippen molar-refractivity contribution in [3.8, 4) is 23.0 Å². The van der Waals surface area contributed by atoms with Crippen LogP contribution in [-0.2, 0) is 25.9 Å². The third kappa shape index (κ3) is 5.83. The first-order valence-electron chi connectivity index (χ1n) is 9.66. The smallest absolute Gasteiger partial charge is 0.264 e. The van der Waals surface area contributed by atoms with Gasteiger partial charge in [0.05, 0.1) is 6.61 Å². The number of carbonyl (C=O) groups is 1. The largest absolute Gasteiger partial charge is 0.393 e. The molecule has 0 saturated heterocycles. The molecule has 1 amide bonds. The summed E-state index contributed by atoms with van der Waals surface area (Å²) in [5, 5.41) is 18.0. The molecule has 1 heterocycles. The van der Waals surface area contributed by atoms with Crippen LogP contribution in [0.2, 0.25) is 0 Å². The van der Waals surface area contributed by atoms with Crippen LogP contribution in [0.25, 0.3) is 11.1 Å². The van der Waals surface area contributed by atoms with Gasteiger partial charge in [-0.15, -0.1) is 0 Å². The van der Waals surface area contributed by atoms with Gasteiger partial charge in [-0.1, -0.05) is 24.0 Å². The van der Waals surface area contributed by atoms with E-state index in [4.69, 9.17) is 15.1 Å². The summed E-state index contributed by atoms with van der Waals surface area (Å²) in [5.74, 6) is 4.65. The van der Waals surface area contributed by atoms with Crippen LogP contribution in [0.3, 0.4) is 0 Å². The first-order valence-corrected chi connectivity index (χ1v) is 11.5. The van der Waals surface area contributed by atoms with Crippen LogP contribution in [0.1, 0.15) is 18.9 Å². The van der Waals surface area contributed by atoms with Gasteiger partial charge in [0.15, 0.2) is 14.6 Å². The first kappa shape index (κ1) is 25.3. The second-order valence-corrected chi connectivity index (χ2v) is 9.84. The molecule has 0 aliphatic rings. The summed E-state index contributed by atoms with van der Waals surface area (Å²) >= 11 is 0. The third-order valence-corrected chi connectivity index (χ3v) is 7.30. The van der Waals surface area contributed by atoms with Gasteiger partial charge in [0, 0.05) is 37.7 Å². The van der Waals surface area contributed by atoms with Gasteiger partial charge in [0.2, 0.25) is 0 Å². The number of aromatic nitrogens is 1. The molecule has 1 aromatic carbocycles. The quantitative estimate of drug-likeness (QED) is 0.297. The lowest BCUT2D eigenvalue weighted by molar-refractivity contribution is -0.131. The zero-order valence-electron chi connectivity index (χ0n) is 18.0. The number of carbonyl (C=O) groups excluding carboxylic acids is 1. The second kappa shape index (κ2) is 10.6. The zero-order valence-corrected chi connectivity index (χ0v) is 18.8. The lowest BCUT2D eigenvalue weighted by Gasteiger charge is -2.25. The molecule has 0 aliphatic heterocycles. The highest BCUT2D eigenvalue weighted by Gasteiger charge is 2.43. The number of rotatable bonds is 8. The average Bonchev–Trinajstić information content (AvgIpc) is 2.77. The number of sulfone groups is 1. The number of amides is 1. The molecule has 0 bridgehead atoms. The summed E-state index contributed by atoms with van der Waals surface area (Å²) in [6.07, 6.45) is 1.67. The first-order chi connectivity index (χ1) is 15.1. The van der Waals surface area contributed by atoms with Crippen molar-refractivity contribution in [1.82, 2.24) is 10.0 Å². The molecule has 2 atom stereocenters. The molecule has 172 valence electrons. The molecular weight excluding hydrogens is 436 g/mol. The van der Waals surface area contributed by atoms with Crippen molar-refractivity contribution in [2.24, 2.45) is 0 Å². The van der Waals surface area contributed by atoms with Crippen molar-refractivity contribution in [2.45, 2.75) is 30.7 Å². The lowest BCUT2D eigenvalue weighted by atomic mass is 10.0. The minimum Gasteiger partial charge on any atom is -0.393 e. The number of aliphatic hydroxyl groups is 1. The fraction of sp³-hybridized carbons (Fsp3) is 0.364. The van der Waals surface area contributed by atoms with E-state index in [-0.39, 0.29) is 25.1 Å². The molecule has 9 nitrogen and oxygen atoms in total. The predicted octanol–water partition coefficient (Wildman–Crippen LogP) is 0.573. The molecule has 32 heavy (non-hydrogen) atoms. The maximum atomic E-state index is 12.5. The van der Waals surface area contributed by atoms with E-state index in [0.717, 1.165) is 17.4 Å². The Morgan fingerprint density at radius 3 is 2.41 bits per heavy atom. The van der Waals surface area contributed by atoms with Gasteiger partial charge in [-0.3, -0.25) is 14.8 Å². The number of hydrogen-bond donors (Lipinski definition) is 3. The van der Waals surface area contributed by atoms with Gasteiger partial charge in [-0.2, -0.15) is 0 Å². The van der Waals surface area contributed by atoms with E-state index >= 15 is 0 Å². The van der Waals surface area contributed by atoms with Gasteiger partial charge in [0.1, 0.15) is 6.10 Å². The topological polar surface area (TPSA) is 135 Å². The molecule has 0 fully saturated rings. The molecule has 2 aromatic rings. The van der Waals surface area contributed by atoms with Crippen LogP contribution in [0.4, 0.5) is 0 Å². The SMILES string of the molecule is COC(C#Cc1ccc(-c2ccn(CCC(C)(C(=O)NO)S(C)(=O)=O)c(=O)c2)cc1)CO. The van der Waals surface area contributed by atoms with Crippen molar-refractivity contribution in [2.75, 3.05) is 20.0 Å². The van der Waals surface area contributed by atoms with Crippen molar-refractivity contribution in [3.05, 3.63) is 58.5 Å². The highest BCUT2D eigenvalue weighted by Crippen LogP contribution is 2.22. The number of hydroxylamine groups is 1. The zero-order chi connectivity index (χ0) is 23.9. The third-order valence-electron chi connectivity index (χ3n) is 5.27. The number of ether oxygens (including phenoxy) is 1. The number of aliphatic hydroxyl groups excluding tert-OH is 1. The van der Waals surface area contributed by atoms with Crippen LogP contribution >= 0.6 is 0 Å². The summed E-state index contributed by atoms with van der Waals surface area (Å²) < 4.78 is 28.5. The number of pyridine rings is 1. The normalized spacial score (nSPS) is 14.0. The summed E-state index contributed by atoms with van der Waals surface area (Å²) in [4.78, 5) is 24.4. The molecule has 1 aromatic heterocycles. The summed E-state index contributed by atoms with van der Waals surface area (Å²) in [7, 11) is -2.39. The van der Waals surface area contributed by atoms with Crippen molar-refractivity contribution in [1.29, 1.82) is 0 Å². The molecule has 0 radical (unpaired) electrons. The highest BCUT2D eigenvalue weighted by atomic mass is 32.2. The molecule has 10 heteroatoms. The Hall–Kier alpha value is -2.97. The Bertz CT molecular complexity index is 1170. The molecule has 0 aliphatic carbocycles. The Balaban J connectivity index is 2.20. The minimum atomic E-state index is -3.85. The maximum Gasteiger partial charge on any atom is 0.264 e. The van der Waals surface area contributed by atoms with Crippen LogP contribution in [-0.4, -0.2) is 60.0 Å². The Morgan fingerprint density at radius 2 is 1.91 bits per heavy atom. The van der Waals surface area contributed by atoms with Gasteiger partial charge >= 0.3 is 0 Å². The van der Waals surface area contributed by atoms with Gasteiger partial charge in [0.25, 0.3) is 11.5 Å². The molecular formula is C22H26N2O7S. The number of hydrogen-bond acceptors (Lipinski definition) is 7. The standard InChI is InChI=1S/C22H26N2O7S/c1-22(21(27)23-28,32(3,29)30)11-13-24-12-10-18(14-20(24)26)17-7-4-16(5-8-17)6-9-19(15-25)31-2/h4-5,7-8,10,12,14,19,25,28H,11,13,15H2,1-3H3,(H,23,27). The predicted molar refractivity (Wildman–Crippen MR) is 119 cm³/mol. The number of aryl methyl sites for hydroxylation is 1. The van der Waals surface area contributed by atoms with Crippen LogP contribution < -0.4 is 11.0 Å². The highest BCUT2D eigenvalue weighted by molar-refractivity contribution is 7.92. The Kier molecular flexibility index (Phi) is 8.35. The summed E-state index contributed by atoms with van der Waals surface area (Å²) in [6.45, 7) is 0.967. The van der Waals surface area contributed by atoms with E-state index < -0.39 is 26.6 Å². The monoisotopic (exact) mass is 462 g/mol. The molecule has 0 saturated carbocycles. The van der Waals surface area contributed by atoms with Gasteiger partial charge in [-0.25, -0.2) is 13.9 Å². The van der Waals surface area contributed by atoms with Crippen molar-refractivity contribution in [3.63, 3.8) is 0 Å². The van der Waals surface area contributed by atoms with Crippen LogP contribution in [0, 0.1) is 11.8 Å². The van der Waals surface area contributed by atoms with Crippen molar-refractivity contribution >= 4 is 15.7 Å². The fourth-order valence-electron chi connectivity index (χ4n) is 2.88. The number of benzene rings is 1. The molecule has 0 spiro atoms.